The molecule has 4 rings (SSSR count). The number of nitrogens with zero attached hydrogens (tertiary/aromatic N) is 1. The van der Waals surface area contributed by atoms with Crippen LogP contribution in [-0.2, 0) is 11.2 Å². The molecule has 2 aliphatic heterocycles. The lowest BCUT2D eigenvalue weighted by atomic mass is 10.1. The zero-order valence-corrected chi connectivity index (χ0v) is 14.7. The van der Waals surface area contributed by atoms with E-state index in [9.17, 15) is 9.59 Å². The molecule has 134 valence electrons. The minimum Gasteiger partial charge on any atom is -0.348 e. The van der Waals surface area contributed by atoms with E-state index in [-0.39, 0.29) is 23.9 Å². The van der Waals surface area contributed by atoms with E-state index < -0.39 is 0 Å². The lowest BCUT2D eigenvalue weighted by Gasteiger charge is -2.25. The Balaban J connectivity index is 1.38. The van der Waals surface area contributed by atoms with Gasteiger partial charge in [-0.25, -0.2) is 0 Å². The predicted octanol–water partition coefficient (Wildman–Crippen LogP) is 2.44. The molecule has 2 amide bonds. The first-order chi connectivity index (χ1) is 12.7. The van der Waals surface area contributed by atoms with Crippen LogP contribution in [0.25, 0.3) is 0 Å². The highest BCUT2D eigenvalue weighted by molar-refractivity contribution is 5.96. The number of para-hydroxylation sites is 1. The summed E-state index contributed by atoms with van der Waals surface area (Å²) >= 11 is 0. The molecular weight excluding hydrogens is 326 g/mol. The first-order valence-corrected chi connectivity index (χ1v) is 9.19. The summed E-state index contributed by atoms with van der Waals surface area (Å²) in [7, 11) is 0. The molecule has 2 atom stereocenters. The van der Waals surface area contributed by atoms with Crippen molar-refractivity contribution in [2.24, 2.45) is 0 Å². The smallest absolute Gasteiger partial charge is 0.251 e. The van der Waals surface area contributed by atoms with Gasteiger partial charge in [0.05, 0.1) is 6.04 Å². The molecule has 1 saturated heterocycles. The van der Waals surface area contributed by atoms with Crippen molar-refractivity contribution in [1.82, 2.24) is 10.2 Å². The normalized spacial score (nSPS) is 23.0. The highest BCUT2D eigenvalue weighted by Crippen LogP contribution is 2.25. The topological polar surface area (TPSA) is 61.4 Å². The van der Waals surface area contributed by atoms with E-state index in [0.29, 0.717) is 12.1 Å². The van der Waals surface area contributed by atoms with Crippen molar-refractivity contribution in [3.63, 3.8) is 0 Å². The highest BCUT2D eigenvalue weighted by atomic mass is 16.2. The summed E-state index contributed by atoms with van der Waals surface area (Å²) in [6.45, 7) is 1.54. The van der Waals surface area contributed by atoms with Gasteiger partial charge in [0.1, 0.15) is 0 Å². The SMILES string of the molecule is O=C(N[C@H]1CCN([C@@H]2CCc3ccccc3NC2=O)C1)c1ccccc1. The molecule has 2 aromatic carbocycles. The third kappa shape index (κ3) is 3.48. The third-order valence-electron chi connectivity index (χ3n) is 5.30. The Labute approximate surface area is 153 Å². The van der Waals surface area contributed by atoms with Gasteiger partial charge in [0.2, 0.25) is 5.91 Å². The Morgan fingerprint density at radius 1 is 1.04 bits per heavy atom. The largest absolute Gasteiger partial charge is 0.348 e. The fourth-order valence-electron chi connectivity index (χ4n) is 3.89. The minimum absolute atomic E-state index is 0.0461. The molecule has 0 radical (unpaired) electrons. The van der Waals surface area contributed by atoms with Crippen molar-refractivity contribution < 1.29 is 9.59 Å². The van der Waals surface area contributed by atoms with Crippen LogP contribution in [0.2, 0.25) is 0 Å². The van der Waals surface area contributed by atoms with Crippen LogP contribution in [0.15, 0.2) is 54.6 Å². The summed E-state index contributed by atoms with van der Waals surface area (Å²) in [5, 5.41) is 6.16. The van der Waals surface area contributed by atoms with Crippen LogP contribution in [0.5, 0.6) is 0 Å². The van der Waals surface area contributed by atoms with Crippen molar-refractivity contribution in [1.29, 1.82) is 0 Å². The highest BCUT2D eigenvalue weighted by Gasteiger charge is 2.34. The second-order valence-electron chi connectivity index (χ2n) is 7.02. The number of benzene rings is 2. The summed E-state index contributed by atoms with van der Waals surface area (Å²) in [6.07, 6.45) is 2.56. The van der Waals surface area contributed by atoms with E-state index in [2.05, 4.69) is 21.6 Å². The number of anilines is 1. The maximum Gasteiger partial charge on any atom is 0.251 e. The van der Waals surface area contributed by atoms with Crippen LogP contribution >= 0.6 is 0 Å². The van der Waals surface area contributed by atoms with Crippen molar-refractivity contribution in [2.45, 2.75) is 31.3 Å². The Morgan fingerprint density at radius 2 is 1.81 bits per heavy atom. The molecule has 0 spiro atoms. The quantitative estimate of drug-likeness (QED) is 0.895. The van der Waals surface area contributed by atoms with Crippen molar-refractivity contribution in [3.05, 3.63) is 65.7 Å². The predicted molar refractivity (Wildman–Crippen MR) is 101 cm³/mol. The fraction of sp³-hybridized carbons (Fsp3) is 0.333. The van der Waals surface area contributed by atoms with Crippen molar-refractivity contribution in [3.8, 4) is 0 Å². The van der Waals surface area contributed by atoms with Gasteiger partial charge in [-0.1, -0.05) is 36.4 Å². The Morgan fingerprint density at radius 3 is 2.65 bits per heavy atom. The molecule has 2 aromatic rings. The van der Waals surface area contributed by atoms with Gasteiger partial charge in [-0.2, -0.15) is 0 Å². The number of hydrogen-bond acceptors (Lipinski definition) is 3. The molecule has 5 heteroatoms. The van der Waals surface area contributed by atoms with Crippen LogP contribution < -0.4 is 10.6 Å². The van der Waals surface area contributed by atoms with Crippen LogP contribution in [0.3, 0.4) is 0 Å². The van der Waals surface area contributed by atoms with Crippen LogP contribution in [0, 0.1) is 0 Å². The number of carbonyl (C=O) groups is 2. The summed E-state index contributed by atoms with van der Waals surface area (Å²) in [4.78, 5) is 27.2. The monoisotopic (exact) mass is 349 g/mol. The lowest BCUT2D eigenvalue weighted by Crippen LogP contribution is -2.44. The van der Waals surface area contributed by atoms with E-state index in [1.54, 1.807) is 0 Å². The zero-order valence-electron chi connectivity index (χ0n) is 14.7. The maximum atomic E-state index is 12.7. The average molecular weight is 349 g/mol. The molecule has 2 N–H and O–H groups in total. The number of likely N-dealkylation sites (tertiary alicyclic amines) is 1. The number of aryl methyl sites for hydroxylation is 1. The molecule has 5 nitrogen and oxygen atoms in total. The van der Waals surface area contributed by atoms with Gasteiger partial charge in [-0.15, -0.1) is 0 Å². The van der Waals surface area contributed by atoms with Gasteiger partial charge in [-0.05, 0) is 43.0 Å². The Bertz CT molecular complexity index is 806. The minimum atomic E-state index is -0.138. The first-order valence-electron chi connectivity index (χ1n) is 9.19. The van der Waals surface area contributed by atoms with E-state index in [0.717, 1.165) is 31.5 Å². The number of hydrogen-bond donors (Lipinski definition) is 2. The number of carbonyl (C=O) groups excluding carboxylic acids is 2. The summed E-state index contributed by atoms with van der Waals surface area (Å²) in [5.41, 5.74) is 2.79. The summed E-state index contributed by atoms with van der Waals surface area (Å²) in [5.74, 6) is 0.0140. The number of nitrogens with one attached hydrogen (secondary N) is 2. The van der Waals surface area contributed by atoms with Crippen LogP contribution in [0.1, 0.15) is 28.8 Å². The van der Waals surface area contributed by atoms with Crippen LogP contribution in [-0.4, -0.2) is 41.9 Å². The first kappa shape index (κ1) is 16.8. The molecular formula is C21H23N3O2. The number of fused-ring (bicyclic) bond motifs is 1. The lowest BCUT2D eigenvalue weighted by molar-refractivity contribution is -0.121. The molecule has 1 fully saturated rings. The second kappa shape index (κ2) is 7.30. The van der Waals surface area contributed by atoms with Crippen LogP contribution in [0.4, 0.5) is 5.69 Å². The summed E-state index contributed by atoms with van der Waals surface area (Å²) in [6, 6.07) is 17.2. The summed E-state index contributed by atoms with van der Waals surface area (Å²) < 4.78 is 0. The van der Waals surface area contributed by atoms with Gasteiger partial charge in [-0.3, -0.25) is 14.5 Å². The zero-order chi connectivity index (χ0) is 17.9. The van der Waals surface area contributed by atoms with Gasteiger partial charge in [0.25, 0.3) is 5.91 Å². The molecule has 0 bridgehead atoms. The van der Waals surface area contributed by atoms with E-state index >= 15 is 0 Å². The third-order valence-corrected chi connectivity index (χ3v) is 5.30. The van der Waals surface area contributed by atoms with Crippen molar-refractivity contribution in [2.75, 3.05) is 18.4 Å². The molecule has 2 aliphatic rings. The van der Waals surface area contributed by atoms with E-state index in [1.165, 1.54) is 5.56 Å². The number of amides is 2. The molecule has 0 saturated carbocycles. The fourth-order valence-corrected chi connectivity index (χ4v) is 3.89. The standard InChI is InChI=1S/C21H23N3O2/c25-20(16-7-2-1-3-8-16)22-17-12-13-24(14-17)19-11-10-15-6-4-5-9-18(15)23-21(19)26/h1-9,17,19H,10-14H2,(H,22,25)(H,23,26)/t17-,19+/m0/s1. The maximum absolute atomic E-state index is 12.7. The molecule has 0 aliphatic carbocycles. The van der Waals surface area contributed by atoms with Gasteiger partial charge in [0, 0.05) is 30.4 Å². The molecule has 0 aromatic heterocycles. The van der Waals surface area contributed by atoms with Gasteiger partial charge < -0.3 is 10.6 Å². The molecule has 26 heavy (non-hydrogen) atoms. The Hall–Kier alpha value is -2.66. The molecule has 0 unspecified atom stereocenters. The average Bonchev–Trinajstić information content (AvgIpc) is 3.04. The second-order valence-corrected chi connectivity index (χ2v) is 7.02. The van der Waals surface area contributed by atoms with Crippen molar-refractivity contribution >= 4 is 17.5 Å². The van der Waals surface area contributed by atoms with E-state index in [4.69, 9.17) is 0 Å². The molecule has 2 heterocycles. The number of rotatable bonds is 3. The van der Waals surface area contributed by atoms with Gasteiger partial charge in [0.15, 0.2) is 0 Å². The Kier molecular flexibility index (Phi) is 4.71. The van der Waals surface area contributed by atoms with Gasteiger partial charge >= 0.3 is 0 Å². The van der Waals surface area contributed by atoms with E-state index in [1.807, 2.05) is 48.5 Å².